The van der Waals surface area contributed by atoms with Gasteiger partial charge < -0.3 is 10.0 Å². The number of rotatable bonds is 6. The van der Waals surface area contributed by atoms with Gasteiger partial charge in [-0.3, -0.25) is 9.69 Å². The molecule has 1 amide bonds. The second kappa shape index (κ2) is 9.33. The molecule has 5 rings (SSSR count). The summed E-state index contributed by atoms with van der Waals surface area (Å²) in [4.78, 5) is 26.8. The smallest absolute Gasteiger partial charge is 0.273 e. The molecule has 0 saturated heterocycles. The predicted octanol–water partition coefficient (Wildman–Crippen LogP) is 4.19. The average molecular weight is 453 g/mol. The molecular weight excluding hydrogens is 424 g/mol. The van der Waals surface area contributed by atoms with E-state index < -0.39 is 0 Å². The molecule has 3 aromatic carbocycles. The highest BCUT2D eigenvalue weighted by atomic mass is 16.3. The van der Waals surface area contributed by atoms with Crippen molar-refractivity contribution < 1.29 is 9.90 Å². The van der Waals surface area contributed by atoms with Gasteiger partial charge in [0.1, 0.15) is 11.5 Å². The molecule has 0 aliphatic carbocycles. The Balaban J connectivity index is 1.54. The summed E-state index contributed by atoms with van der Waals surface area (Å²) in [6, 6.07) is 22.5. The monoisotopic (exact) mass is 452 g/mol. The van der Waals surface area contributed by atoms with Crippen molar-refractivity contribution in [3.05, 3.63) is 94.9 Å². The maximum absolute atomic E-state index is 13.6. The minimum atomic E-state index is -0.0696. The van der Waals surface area contributed by atoms with Crippen LogP contribution in [-0.2, 0) is 19.6 Å². The number of aliphatic hydroxyl groups excluding tert-OH is 1. The van der Waals surface area contributed by atoms with Crippen molar-refractivity contribution in [1.82, 2.24) is 19.8 Å². The molecule has 1 N–H and O–H groups in total. The van der Waals surface area contributed by atoms with Crippen molar-refractivity contribution in [3.63, 3.8) is 0 Å². The molecule has 1 aliphatic rings. The van der Waals surface area contributed by atoms with Gasteiger partial charge in [-0.25, -0.2) is 9.97 Å². The molecule has 6 heteroatoms. The Morgan fingerprint density at radius 3 is 2.44 bits per heavy atom. The summed E-state index contributed by atoms with van der Waals surface area (Å²) in [5.74, 6) is 0.520. The number of likely N-dealkylation sites (N-methyl/N-ethyl adjacent to an activating group) is 1. The minimum absolute atomic E-state index is 0.0696. The van der Waals surface area contributed by atoms with E-state index in [0.717, 1.165) is 34.1 Å². The lowest BCUT2D eigenvalue weighted by molar-refractivity contribution is 0.0747. The maximum Gasteiger partial charge on any atom is 0.273 e. The van der Waals surface area contributed by atoms with E-state index in [1.54, 1.807) is 0 Å². The first-order valence-electron chi connectivity index (χ1n) is 11.6. The largest absolute Gasteiger partial charge is 0.395 e. The van der Waals surface area contributed by atoms with Gasteiger partial charge in [0.15, 0.2) is 0 Å². The van der Waals surface area contributed by atoms with Crippen molar-refractivity contribution in [3.8, 4) is 11.1 Å². The highest BCUT2D eigenvalue weighted by Crippen LogP contribution is 2.30. The molecule has 0 fully saturated rings. The highest BCUT2D eigenvalue weighted by Gasteiger charge is 2.26. The lowest BCUT2D eigenvalue weighted by Gasteiger charge is -2.19. The Labute approximate surface area is 199 Å². The number of benzene rings is 3. The van der Waals surface area contributed by atoms with Crippen molar-refractivity contribution in [2.24, 2.45) is 0 Å². The van der Waals surface area contributed by atoms with Gasteiger partial charge in [0.25, 0.3) is 5.91 Å². The molecule has 0 saturated carbocycles. The summed E-state index contributed by atoms with van der Waals surface area (Å²) < 4.78 is 0. The van der Waals surface area contributed by atoms with Gasteiger partial charge in [0.05, 0.1) is 12.1 Å². The van der Waals surface area contributed by atoms with Crippen LogP contribution in [0.3, 0.4) is 0 Å². The molecule has 6 nitrogen and oxygen atoms in total. The number of carbonyl (C=O) groups excluding carboxylic acids is 1. The first-order valence-corrected chi connectivity index (χ1v) is 11.6. The van der Waals surface area contributed by atoms with E-state index in [1.165, 1.54) is 11.1 Å². The molecule has 2 heterocycles. The van der Waals surface area contributed by atoms with Crippen LogP contribution in [0.2, 0.25) is 0 Å². The van der Waals surface area contributed by atoms with Gasteiger partial charge in [-0.15, -0.1) is 0 Å². The third kappa shape index (κ3) is 4.30. The Bertz CT molecular complexity index is 1340. The summed E-state index contributed by atoms with van der Waals surface area (Å²) >= 11 is 0. The van der Waals surface area contributed by atoms with Gasteiger partial charge in [0.2, 0.25) is 0 Å². The topological polar surface area (TPSA) is 69.6 Å². The van der Waals surface area contributed by atoms with Crippen molar-refractivity contribution in [2.45, 2.75) is 26.6 Å². The molecule has 0 unspecified atom stereocenters. The molecule has 0 atom stereocenters. The Hall–Kier alpha value is -3.61. The number of aryl methyl sites for hydroxylation is 1. The third-order valence-electron chi connectivity index (χ3n) is 6.39. The molecule has 1 aromatic heterocycles. The van der Waals surface area contributed by atoms with E-state index in [1.807, 2.05) is 55.3 Å². The summed E-state index contributed by atoms with van der Waals surface area (Å²) in [7, 11) is 1.99. The van der Waals surface area contributed by atoms with Crippen LogP contribution in [0.25, 0.3) is 22.0 Å². The van der Waals surface area contributed by atoms with Crippen molar-refractivity contribution in [1.29, 1.82) is 0 Å². The van der Waals surface area contributed by atoms with Crippen LogP contribution in [0.15, 0.2) is 66.7 Å². The van der Waals surface area contributed by atoms with Gasteiger partial charge in [0, 0.05) is 31.6 Å². The van der Waals surface area contributed by atoms with Crippen LogP contribution in [0.5, 0.6) is 0 Å². The normalized spacial score (nSPS) is 13.0. The number of aliphatic hydroxyl groups is 1. The van der Waals surface area contributed by atoms with Gasteiger partial charge in [-0.2, -0.15) is 0 Å². The Kier molecular flexibility index (Phi) is 6.09. The molecule has 34 heavy (non-hydrogen) atoms. The maximum atomic E-state index is 13.6. The quantitative estimate of drug-likeness (QED) is 0.475. The third-order valence-corrected chi connectivity index (χ3v) is 6.39. The number of fused-ring (bicyclic) bond motifs is 2. The summed E-state index contributed by atoms with van der Waals surface area (Å²) in [5.41, 5.74) is 6.88. The molecular formula is C28H28N4O2. The molecule has 172 valence electrons. The van der Waals surface area contributed by atoms with Crippen LogP contribution in [0.1, 0.15) is 33.0 Å². The second-order valence-corrected chi connectivity index (χ2v) is 8.90. The minimum Gasteiger partial charge on any atom is -0.395 e. The van der Waals surface area contributed by atoms with Gasteiger partial charge in [-0.1, -0.05) is 54.6 Å². The van der Waals surface area contributed by atoms with E-state index in [4.69, 9.17) is 0 Å². The predicted molar refractivity (Wildman–Crippen MR) is 133 cm³/mol. The van der Waals surface area contributed by atoms with Gasteiger partial charge in [-0.05, 0) is 53.9 Å². The van der Waals surface area contributed by atoms with Crippen LogP contribution in [-0.4, -0.2) is 51.0 Å². The number of hydrogen-bond donors (Lipinski definition) is 1. The van der Waals surface area contributed by atoms with Gasteiger partial charge >= 0.3 is 0 Å². The molecule has 0 bridgehead atoms. The summed E-state index contributed by atoms with van der Waals surface area (Å²) in [6.45, 7) is 4.47. The SMILES string of the molecule is Cc1nc(C(=O)N2Cc3ccccc3C2)c2cc(-c3ccccc3CN(C)CCO)ccc2n1. The van der Waals surface area contributed by atoms with E-state index in [2.05, 4.69) is 45.2 Å². The number of nitrogens with zero attached hydrogens (tertiary/aromatic N) is 4. The number of amides is 1. The molecule has 0 radical (unpaired) electrons. The first kappa shape index (κ1) is 22.2. The zero-order valence-electron chi connectivity index (χ0n) is 19.5. The lowest BCUT2D eigenvalue weighted by atomic mass is 9.97. The van der Waals surface area contributed by atoms with E-state index >= 15 is 0 Å². The fourth-order valence-electron chi connectivity index (χ4n) is 4.68. The van der Waals surface area contributed by atoms with E-state index in [-0.39, 0.29) is 12.5 Å². The summed E-state index contributed by atoms with van der Waals surface area (Å²) in [5, 5.41) is 10.0. The fourth-order valence-corrected chi connectivity index (χ4v) is 4.68. The van der Waals surface area contributed by atoms with Crippen LogP contribution < -0.4 is 0 Å². The van der Waals surface area contributed by atoms with Crippen LogP contribution in [0, 0.1) is 6.92 Å². The van der Waals surface area contributed by atoms with Crippen LogP contribution >= 0.6 is 0 Å². The molecule has 1 aliphatic heterocycles. The van der Waals surface area contributed by atoms with E-state index in [0.29, 0.717) is 31.2 Å². The Morgan fingerprint density at radius 1 is 1.00 bits per heavy atom. The second-order valence-electron chi connectivity index (χ2n) is 8.90. The summed E-state index contributed by atoms with van der Waals surface area (Å²) in [6.07, 6.45) is 0. The van der Waals surface area contributed by atoms with Crippen LogP contribution in [0.4, 0.5) is 0 Å². The fraction of sp³-hybridized carbons (Fsp3) is 0.250. The molecule has 4 aromatic rings. The average Bonchev–Trinajstić information content (AvgIpc) is 3.28. The van der Waals surface area contributed by atoms with E-state index in [9.17, 15) is 9.90 Å². The number of carbonyl (C=O) groups is 1. The highest BCUT2D eigenvalue weighted by molar-refractivity contribution is 6.05. The zero-order valence-corrected chi connectivity index (χ0v) is 19.5. The van der Waals surface area contributed by atoms with Crippen molar-refractivity contribution in [2.75, 3.05) is 20.2 Å². The lowest BCUT2D eigenvalue weighted by Crippen LogP contribution is -2.26. The number of aromatic nitrogens is 2. The number of hydrogen-bond acceptors (Lipinski definition) is 5. The Morgan fingerprint density at radius 2 is 1.71 bits per heavy atom. The standard InChI is InChI=1S/C28H28N4O2/c1-19-29-26-12-11-20(24-10-6-5-9-23(24)16-31(2)13-14-33)15-25(26)27(30-19)28(34)32-17-21-7-3-4-8-22(21)18-32/h3-12,15,33H,13-14,16-18H2,1-2H3. The molecule has 0 spiro atoms. The van der Waals surface area contributed by atoms with Crippen molar-refractivity contribution >= 4 is 16.8 Å². The first-order chi connectivity index (χ1) is 16.5. The zero-order chi connectivity index (χ0) is 23.7.